The van der Waals surface area contributed by atoms with Gasteiger partial charge in [-0.15, -0.1) is 0 Å². The topological polar surface area (TPSA) is 68.7 Å². The third kappa shape index (κ3) is 5.16. The lowest BCUT2D eigenvalue weighted by molar-refractivity contribution is -0.149. The van der Waals surface area contributed by atoms with Crippen molar-refractivity contribution in [3.05, 3.63) is 72.7 Å². The fourth-order valence-electron chi connectivity index (χ4n) is 4.36. The van der Waals surface area contributed by atoms with Gasteiger partial charge in [-0.3, -0.25) is 4.90 Å². The van der Waals surface area contributed by atoms with E-state index in [1.165, 1.54) is 25.0 Å². The van der Waals surface area contributed by atoms with E-state index in [4.69, 9.17) is 10.5 Å². The number of hydrogen-bond donors (Lipinski definition) is 1. The fourth-order valence-corrected chi connectivity index (χ4v) is 4.36. The largest absolute Gasteiger partial charge is 0.492 e. The highest BCUT2D eigenvalue weighted by molar-refractivity contribution is 5.78. The average Bonchev–Trinajstić information content (AvgIpc) is 3.53. The van der Waals surface area contributed by atoms with Gasteiger partial charge in [-0.1, -0.05) is 30.3 Å². The maximum atomic E-state index is 13.1. The molecule has 1 unspecified atom stereocenters. The Kier molecular flexibility index (Phi) is 6.44. The van der Waals surface area contributed by atoms with E-state index in [1.807, 2.05) is 30.5 Å². The van der Waals surface area contributed by atoms with Crippen LogP contribution in [0.2, 0.25) is 0 Å². The Morgan fingerprint density at radius 2 is 1.74 bits per heavy atom. The molecule has 2 aromatic heterocycles. The summed E-state index contributed by atoms with van der Waals surface area (Å²) in [4.78, 5) is 6.95. The smallest absolute Gasteiger partial charge is 0.407 e. The first-order valence-corrected chi connectivity index (χ1v) is 11.6. The van der Waals surface area contributed by atoms with E-state index >= 15 is 0 Å². The van der Waals surface area contributed by atoms with Crippen LogP contribution in [0.15, 0.2) is 67.1 Å². The molecule has 0 bridgehead atoms. The minimum atomic E-state index is -4.51. The van der Waals surface area contributed by atoms with Crippen molar-refractivity contribution in [1.82, 2.24) is 19.5 Å². The second kappa shape index (κ2) is 9.67. The molecule has 2 N–H and O–H groups in total. The molecule has 0 aliphatic carbocycles. The van der Waals surface area contributed by atoms with Gasteiger partial charge in [0.2, 0.25) is 0 Å². The molecule has 0 amide bonds. The summed E-state index contributed by atoms with van der Waals surface area (Å²) in [5.41, 5.74) is 8.96. The Hall–Kier alpha value is -3.43. The Morgan fingerprint density at radius 3 is 2.49 bits per heavy atom. The van der Waals surface area contributed by atoms with E-state index in [1.54, 1.807) is 29.0 Å². The van der Waals surface area contributed by atoms with Crippen molar-refractivity contribution >= 4 is 5.65 Å². The Balaban J connectivity index is 1.32. The lowest BCUT2D eigenvalue weighted by Gasteiger charge is -2.16. The first kappa shape index (κ1) is 23.3. The predicted octanol–water partition coefficient (Wildman–Crippen LogP) is 5.10. The number of aromatic nitrogens is 3. The molecule has 9 heteroatoms. The molecule has 1 saturated heterocycles. The Bertz CT molecular complexity index is 1300. The lowest BCUT2D eigenvalue weighted by Crippen LogP contribution is -2.28. The number of alkyl halides is 3. The average molecular weight is 482 g/mol. The van der Waals surface area contributed by atoms with Crippen LogP contribution < -0.4 is 10.5 Å². The SMILES string of the molecule is NC(c1cccc(-c2cnn3cc(-c4ccc(OCCN5CCCC5)cc4)cnc23)c1)C(F)(F)F. The van der Waals surface area contributed by atoms with Crippen molar-refractivity contribution in [3.8, 4) is 28.0 Å². The summed E-state index contributed by atoms with van der Waals surface area (Å²) in [6.45, 7) is 3.91. The van der Waals surface area contributed by atoms with Crippen LogP contribution in [-0.4, -0.2) is 51.9 Å². The summed E-state index contributed by atoms with van der Waals surface area (Å²) in [5, 5.41) is 4.37. The highest BCUT2D eigenvalue weighted by atomic mass is 19.4. The summed E-state index contributed by atoms with van der Waals surface area (Å²) in [5.74, 6) is 0.820. The molecule has 5 rings (SSSR count). The van der Waals surface area contributed by atoms with Gasteiger partial charge >= 0.3 is 6.18 Å². The summed E-state index contributed by atoms with van der Waals surface area (Å²) in [6, 6.07) is 11.9. The van der Waals surface area contributed by atoms with Gasteiger partial charge in [0.05, 0.1) is 6.20 Å². The molecule has 0 spiro atoms. The molecule has 3 heterocycles. The van der Waals surface area contributed by atoms with E-state index in [9.17, 15) is 13.2 Å². The van der Waals surface area contributed by atoms with E-state index < -0.39 is 12.2 Å². The zero-order chi connectivity index (χ0) is 24.4. The first-order chi connectivity index (χ1) is 16.9. The van der Waals surface area contributed by atoms with Gasteiger partial charge in [-0.05, 0) is 60.8 Å². The van der Waals surface area contributed by atoms with Crippen molar-refractivity contribution < 1.29 is 17.9 Å². The van der Waals surface area contributed by atoms with E-state index in [-0.39, 0.29) is 5.56 Å². The standard InChI is InChI=1S/C26H26F3N5O/c27-26(28,29)24(30)20-5-3-4-19(14-20)23-16-32-34-17-21(15-31-25(23)34)18-6-8-22(9-7-18)35-13-12-33-10-1-2-11-33/h3-9,14-17,24H,1-2,10-13,30H2. The van der Waals surface area contributed by atoms with Gasteiger partial charge < -0.3 is 10.5 Å². The molecule has 0 radical (unpaired) electrons. The summed E-state index contributed by atoms with van der Waals surface area (Å²) < 4.78 is 46.7. The number of ether oxygens (including phenoxy) is 1. The van der Waals surface area contributed by atoms with Crippen molar-refractivity contribution in [2.24, 2.45) is 5.73 Å². The van der Waals surface area contributed by atoms with Crippen molar-refractivity contribution in [2.45, 2.75) is 25.1 Å². The molecule has 0 saturated carbocycles. The number of likely N-dealkylation sites (tertiary alicyclic amines) is 1. The quantitative estimate of drug-likeness (QED) is 0.398. The number of nitrogens with two attached hydrogens (primary N) is 1. The van der Waals surface area contributed by atoms with Gasteiger partial charge in [-0.2, -0.15) is 18.3 Å². The van der Waals surface area contributed by atoms with E-state index in [2.05, 4.69) is 15.0 Å². The maximum Gasteiger partial charge on any atom is 0.407 e. The third-order valence-electron chi connectivity index (χ3n) is 6.33. The molecule has 1 aliphatic rings. The van der Waals surface area contributed by atoms with Crippen molar-refractivity contribution in [3.63, 3.8) is 0 Å². The highest BCUT2D eigenvalue weighted by Gasteiger charge is 2.37. The van der Waals surface area contributed by atoms with Gasteiger partial charge in [-0.25, -0.2) is 9.50 Å². The summed E-state index contributed by atoms with van der Waals surface area (Å²) in [6.07, 6.45) is 3.20. The number of fused-ring (bicyclic) bond motifs is 1. The maximum absolute atomic E-state index is 13.1. The van der Waals surface area contributed by atoms with Crippen molar-refractivity contribution in [1.29, 1.82) is 0 Å². The van der Waals surface area contributed by atoms with Gasteiger partial charge in [0.15, 0.2) is 5.65 Å². The Morgan fingerprint density at radius 1 is 0.971 bits per heavy atom. The molecule has 1 aliphatic heterocycles. The van der Waals surface area contributed by atoms with Gasteiger partial charge in [0.1, 0.15) is 18.4 Å². The van der Waals surface area contributed by atoms with Crippen molar-refractivity contribution in [2.75, 3.05) is 26.2 Å². The molecule has 4 aromatic rings. The summed E-state index contributed by atoms with van der Waals surface area (Å²) in [7, 11) is 0. The zero-order valence-corrected chi connectivity index (χ0v) is 19.1. The second-order valence-corrected chi connectivity index (χ2v) is 8.74. The molecular formula is C26H26F3N5O. The number of nitrogens with zero attached hydrogens (tertiary/aromatic N) is 4. The number of benzene rings is 2. The van der Waals surface area contributed by atoms with Crippen LogP contribution in [0, 0.1) is 0 Å². The predicted molar refractivity (Wildman–Crippen MR) is 128 cm³/mol. The van der Waals surface area contributed by atoms with Crippen LogP contribution in [0.1, 0.15) is 24.4 Å². The van der Waals surface area contributed by atoms with Crippen LogP contribution in [-0.2, 0) is 0 Å². The van der Waals surface area contributed by atoms with Gasteiger partial charge in [0.25, 0.3) is 0 Å². The number of hydrogen-bond acceptors (Lipinski definition) is 5. The normalized spacial score (nSPS) is 15.5. The summed E-state index contributed by atoms with van der Waals surface area (Å²) >= 11 is 0. The van der Waals surface area contributed by atoms with Crippen LogP contribution in [0.3, 0.4) is 0 Å². The van der Waals surface area contributed by atoms with Crippen LogP contribution >= 0.6 is 0 Å². The molecule has 35 heavy (non-hydrogen) atoms. The van der Waals surface area contributed by atoms with Crippen LogP contribution in [0.5, 0.6) is 5.75 Å². The van der Waals surface area contributed by atoms with E-state index in [0.717, 1.165) is 36.5 Å². The molecule has 1 atom stereocenters. The number of halogens is 3. The number of rotatable bonds is 7. The fraction of sp³-hybridized carbons (Fsp3) is 0.308. The molecule has 2 aromatic carbocycles. The first-order valence-electron chi connectivity index (χ1n) is 11.6. The Labute approximate surface area is 201 Å². The minimum Gasteiger partial charge on any atom is -0.492 e. The van der Waals surface area contributed by atoms with Crippen LogP contribution in [0.4, 0.5) is 13.2 Å². The van der Waals surface area contributed by atoms with E-state index in [0.29, 0.717) is 23.4 Å². The molecular weight excluding hydrogens is 455 g/mol. The second-order valence-electron chi connectivity index (χ2n) is 8.74. The van der Waals surface area contributed by atoms with Crippen LogP contribution in [0.25, 0.3) is 27.9 Å². The lowest BCUT2D eigenvalue weighted by atomic mass is 10.0. The van der Waals surface area contributed by atoms with Gasteiger partial charge in [0, 0.05) is 30.1 Å². The highest BCUT2D eigenvalue weighted by Crippen LogP contribution is 2.33. The zero-order valence-electron chi connectivity index (χ0n) is 19.1. The molecule has 6 nitrogen and oxygen atoms in total. The molecule has 182 valence electrons. The third-order valence-corrected chi connectivity index (χ3v) is 6.33. The monoisotopic (exact) mass is 481 g/mol. The minimum absolute atomic E-state index is 0.00583. The molecule has 1 fully saturated rings.